The van der Waals surface area contributed by atoms with Crippen LogP contribution in [0.5, 0.6) is 0 Å². The second kappa shape index (κ2) is 33.1. The lowest BCUT2D eigenvalue weighted by Crippen LogP contribution is -2.13. The number of aliphatic hydroxyl groups excluding tert-OH is 1. The first-order valence-electron chi connectivity index (χ1n) is 25.1. The van der Waals surface area contributed by atoms with Gasteiger partial charge in [-0.05, 0) is 96.3 Å². The van der Waals surface area contributed by atoms with Crippen LogP contribution in [0.4, 0.5) is 0 Å². The van der Waals surface area contributed by atoms with Gasteiger partial charge in [0.25, 0.3) is 0 Å². The normalized spacial score (nSPS) is 11.4. The first kappa shape index (κ1) is 65.0. The molecule has 16 heteroatoms. The molecule has 0 amide bonds. The maximum absolute atomic E-state index is 12.6. The first-order valence-corrected chi connectivity index (χ1v) is 33.2. The van der Waals surface area contributed by atoms with Crippen LogP contribution in [0.2, 0.25) is 0 Å². The van der Waals surface area contributed by atoms with Crippen molar-refractivity contribution in [2.45, 2.75) is 67.3 Å². The fraction of sp³-hybridized carbons (Fsp3) is 0.125. The maximum Gasteiger partial charge on any atom is 0.199 e. The number of rotatable bonds is 15. The van der Waals surface area contributed by atoms with Gasteiger partial charge in [-0.1, -0.05) is 226 Å². The van der Waals surface area contributed by atoms with Crippen molar-refractivity contribution >= 4 is 49.2 Å². The summed E-state index contributed by atoms with van der Waals surface area (Å²) in [6, 6.07) is 79.4. The average Bonchev–Trinajstić information content (AvgIpc) is 3.49. The van der Waals surface area contributed by atoms with Gasteiger partial charge in [-0.15, -0.1) is 0 Å². The van der Waals surface area contributed by atoms with E-state index >= 15 is 0 Å². The molecule has 0 aliphatic carbocycles. The van der Waals surface area contributed by atoms with Crippen molar-refractivity contribution in [1.82, 2.24) is 0 Å². The molecule has 1 unspecified atom stereocenters. The van der Waals surface area contributed by atoms with Crippen molar-refractivity contribution in [1.29, 1.82) is 0 Å². The third kappa shape index (κ3) is 21.9. The van der Waals surface area contributed by atoms with Gasteiger partial charge in [-0.2, -0.15) is 0 Å². The largest absolute Gasteiger partial charge is 0.397 e. The Balaban J connectivity index is 0.000000214. The van der Waals surface area contributed by atoms with Crippen molar-refractivity contribution in [2.75, 3.05) is 6.61 Å². The molecule has 0 aliphatic rings. The standard InChI is InChI=1S/C15H16O2S.3C13H12O2S.C8H8O2S.C2H6O/c1-2-15(13-9-5-3-6-10-13)18(16,17)14-11-7-4-8-12-14;3*14-16(15,13-9-5-2-6-10-13)11-12-7-3-1-4-8-12;1-2-11(9,10)8-6-4-3-5-7-8;1-2-3/h3-12,15H,2H2,1H3;3*1-10H,11H2;2-7H,1H2;3H,2H2,1H3. The zero-order valence-corrected chi connectivity index (χ0v) is 48.5. The molecule has 0 saturated carbocycles. The molecule has 1 atom stereocenters. The smallest absolute Gasteiger partial charge is 0.199 e. The van der Waals surface area contributed by atoms with Crippen LogP contribution < -0.4 is 0 Å². The molecule has 11 nitrogen and oxygen atoms in total. The van der Waals surface area contributed by atoms with Crippen LogP contribution in [0.15, 0.2) is 309 Å². The molecule has 0 bridgehead atoms. The molecule has 9 rings (SSSR count). The van der Waals surface area contributed by atoms with Crippen molar-refractivity contribution in [3.05, 3.63) is 307 Å². The van der Waals surface area contributed by atoms with E-state index in [9.17, 15) is 42.1 Å². The van der Waals surface area contributed by atoms with Crippen molar-refractivity contribution in [3.63, 3.8) is 0 Å². The molecule has 418 valence electrons. The molecule has 0 spiro atoms. The summed E-state index contributed by atoms with van der Waals surface area (Å²) >= 11 is 0. The number of benzene rings is 9. The Labute approximate surface area is 474 Å². The topological polar surface area (TPSA) is 191 Å². The van der Waals surface area contributed by atoms with Crippen LogP contribution in [0.3, 0.4) is 0 Å². The molecule has 0 heterocycles. The average molecular weight is 1170 g/mol. The van der Waals surface area contributed by atoms with Gasteiger partial charge < -0.3 is 5.11 Å². The van der Waals surface area contributed by atoms with Gasteiger partial charge >= 0.3 is 0 Å². The third-order valence-electron chi connectivity index (χ3n) is 11.2. The Bertz CT molecular complexity index is 3500. The SMILES string of the molecule is C=CS(=O)(=O)c1ccccc1.CCC(c1ccccc1)S(=O)(=O)c1ccccc1.CCO.O=S(=O)(Cc1ccccc1)c1ccccc1.O=S(=O)(Cc1ccccc1)c1ccccc1.O=S(=O)(Cc1ccccc1)c1ccccc1. The molecule has 0 radical (unpaired) electrons. The number of hydrogen-bond acceptors (Lipinski definition) is 11. The fourth-order valence-corrected chi connectivity index (χ4v) is 14.0. The van der Waals surface area contributed by atoms with Gasteiger partial charge in [0.15, 0.2) is 49.2 Å². The number of aliphatic hydroxyl groups is 1. The lowest BCUT2D eigenvalue weighted by Gasteiger charge is -2.16. The minimum absolute atomic E-state index is 0.0534. The highest BCUT2D eigenvalue weighted by Crippen LogP contribution is 2.31. The summed E-state index contributed by atoms with van der Waals surface area (Å²) < 4.78 is 119. The second-order valence-electron chi connectivity index (χ2n) is 17.2. The van der Waals surface area contributed by atoms with Crippen LogP contribution in [-0.2, 0) is 66.4 Å². The van der Waals surface area contributed by atoms with E-state index in [0.29, 0.717) is 26.0 Å². The summed E-state index contributed by atoms with van der Waals surface area (Å²) in [4.78, 5) is 1.80. The molecule has 0 saturated heterocycles. The van der Waals surface area contributed by atoms with Crippen LogP contribution in [0.25, 0.3) is 0 Å². The second-order valence-corrected chi connectivity index (χ2v) is 27.2. The Morgan fingerprint density at radius 3 is 0.787 bits per heavy atom. The van der Waals surface area contributed by atoms with Crippen molar-refractivity contribution < 1.29 is 47.2 Å². The Morgan fingerprint density at radius 1 is 0.338 bits per heavy atom. The van der Waals surface area contributed by atoms with E-state index in [1.165, 1.54) is 12.1 Å². The molecule has 9 aromatic carbocycles. The summed E-state index contributed by atoms with van der Waals surface area (Å²) in [6.45, 7) is 7.05. The van der Waals surface area contributed by atoms with Gasteiger partial charge in [-0.3, -0.25) is 0 Å². The van der Waals surface area contributed by atoms with E-state index < -0.39 is 54.4 Å². The molecule has 0 fully saturated rings. The summed E-state index contributed by atoms with van der Waals surface area (Å²) in [5, 5.41) is 8.04. The highest BCUT2D eigenvalue weighted by Gasteiger charge is 2.27. The molecule has 1 N–H and O–H groups in total. The number of hydrogen-bond donors (Lipinski definition) is 1. The van der Waals surface area contributed by atoms with Crippen LogP contribution in [0.1, 0.15) is 47.8 Å². The summed E-state index contributed by atoms with van der Waals surface area (Å²) in [5.41, 5.74) is 3.29. The first-order chi connectivity index (χ1) is 38.3. The quantitative estimate of drug-likeness (QED) is 0.103. The summed E-state index contributed by atoms with van der Waals surface area (Å²) in [6.07, 6.45) is 0.571. The molecular formula is C64H66O11S5. The zero-order valence-electron chi connectivity index (χ0n) is 44.4. The fourth-order valence-electron chi connectivity index (χ4n) is 7.30. The minimum Gasteiger partial charge on any atom is -0.397 e. The van der Waals surface area contributed by atoms with Gasteiger partial charge in [-0.25, -0.2) is 42.1 Å². The van der Waals surface area contributed by atoms with E-state index in [-0.39, 0.29) is 28.8 Å². The predicted octanol–water partition coefficient (Wildman–Crippen LogP) is 13.2. The third-order valence-corrected chi connectivity index (χ3v) is 19.9. The Hall–Kier alpha value is -7.57. The molecule has 80 heavy (non-hydrogen) atoms. The van der Waals surface area contributed by atoms with Crippen LogP contribution in [-0.4, -0.2) is 53.8 Å². The summed E-state index contributed by atoms with van der Waals surface area (Å²) in [7, 11) is -16.2. The van der Waals surface area contributed by atoms with Crippen molar-refractivity contribution in [2.24, 2.45) is 0 Å². The van der Waals surface area contributed by atoms with Crippen molar-refractivity contribution in [3.8, 4) is 0 Å². The lowest BCUT2D eigenvalue weighted by atomic mass is 10.1. The van der Waals surface area contributed by atoms with Gasteiger partial charge in [0.1, 0.15) is 0 Å². The van der Waals surface area contributed by atoms with E-state index in [2.05, 4.69) is 6.58 Å². The molecule has 9 aromatic rings. The lowest BCUT2D eigenvalue weighted by molar-refractivity contribution is 0.318. The maximum atomic E-state index is 12.6. The minimum atomic E-state index is -3.30. The van der Waals surface area contributed by atoms with E-state index in [4.69, 9.17) is 5.11 Å². The Kier molecular flexibility index (Phi) is 26.9. The molecule has 0 aliphatic heterocycles. The molecule has 0 aromatic heterocycles. The highest BCUT2D eigenvalue weighted by molar-refractivity contribution is 7.94. The predicted molar refractivity (Wildman–Crippen MR) is 321 cm³/mol. The van der Waals surface area contributed by atoms with E-state index in [0.717, 1.165) is 27.7 Å². The zero-order chi connectivity index (χ0) is 58.3. The number of sulfone groups is 5. The summed E-state index contributed by atoms with van der Waals surface area (Å²) in [5.74, 6) is 0.160. The highest BCUT2D eigenvalue weighted by atomic mass is 32.2. The molecular weight excluding hydrogens is 1110 g/mol. The Morgan fingerprint density at radius 2 is 0.550 bits per heavy atom. The monoisotopic (exact) mass is 1170 g/mol. The van der Waals surface area contributed by atoms with Gasteiger partial charge in [0.05, 0.1) is 47.0 Å². The van der Waals surface area contributed by atoms with E-state index in [1.54, 1.807) is 122 Å². The van der Waals surface area contributed by atoms with E-state index in [1.807, 2.05) is 153 Å². The van der Waals surface area contributed by atoms with Crippen LogP contribution in [0, 0.1) is 0 Å². The van der Waals surface area contributed by atoms with Crippen LogP contribution >= 0.6 is 0 Å². The van der Waals surface area contributed by atoms with Gasteiger partial charge in [0, 0.05) is 12.0 Å². The van der Waals surface area contributed by atoms with Gasteiger partial charge in [0.2, 0.25) is 0 Å².